The summed E-state index contributed by atoms with van der Waals surface area (Å²) in [6.07, 6.45) is 0.327. The molecule has 0 fully saturated rings. The van der Waals surface area contributed by atoms with Crippen molar-refractivity contribution in [1.29, 1.82) is 0 Å². The Bertz CT molecular complexity index is 949. The molecule has 0 saturated heterocycles. The van der Waals surface area contributed by atoms with Gasteiger partial charge >= 0.3 is 0 Å². The molecule has 1 N–H and O–H groups in total. The van der Waals surface area contributed by atoms with Crippen molar-refractivity contribution in [2.24, 2.45) is 0 Å². The van der Waals surface area contributed by atoms with Crippen LogP contribution in [0.4, 0.5) is 0 Å². The second kappa shape index (κ2) is 8.25. The highest BCUT2D eigenvalue weighted by Gasteiger charge is 2.06. The van der Waals surface area contributed by atoms with E-state index >= 15 is 0 Å². The van der Waals surface area contributed by atoms with Crippen molar-refractivity contribution in [3.05, 3.63) is 88.2 Å². The number of nitrogens with zero attached hydrogens (tertiary/aromatic N) is 2. The minimum Gasteiger partial charge on any atom is -0.354 e. The molecule has 132 valence electrons. The van der Waals surface area contributed by atoms with E-state index in [0.29, 0.717) is 19.5 Å². The summed E-state index contributed by atoms with van der Waals surface area (Å²) in [7, 11) is 0. The van der Waals surface area contributed by atoms with Gasteiger partial charge in [0.05, 0.1) is 18.7 Å². The van der Waals surface area contributed by atoms with Gasteiger partial charge in [-0.05, 0) is 18.6 Å². The Morgan fingerprint density at radius 1 is 1.04 bits per heavy atom. The second-order valence-corrected chi connectivity index (χ2v) is 6.16. The number of aryl methyl sites for hydroxylation is 1. The summed E-state index contributed by atoms with van der Waals surface area (Å²) in [6, 6.07) is 20.8. The zero-order valence-corrected chi connectivity index (χ0v) is 14.7. The maximum absolute atomic E-state index is 12.1. The molecule has 1 aromatic heterocycles. The van der Waals surface area contributed by atoms with Crippen LogP contribution in [-0.2, 0) is 17.8 Å². The van der Waals surface area contributed by atoms with Crippen LogP contribution in [0.5, 0.6) is 0 Å². The monoisotopic (exact) mass is 347 g/mol. The summed E-state index contributed by atoms with van der Waals surface area (Å²) in [5.41, 5.74) is 3.60. The van der Waals surface area contributed by atoms with Gasteiger partial charge in [0.25, 0.3) is 5.56 Å². The molecule has 0 unspecified atom stereocenters. The third-order valence-corrected chi connectivity index (χ3v) is 4.03. The molecule has 0 bridgehead atoms. The van der Waals surface area contributed by atoms with Crippen LogP contribution in [0.3, 0.4) is 0 Å². The van der Waals surface area contributed by atoms with Crippen molar-refractivity contribution in [2.45, 2.75) is 19.9 Å². The van der Waals surface area contributed by atoms with Crippen LogP contribution in [0.15, 0.2) is 71.5 Å². The first kappa shape index (κ1) is 17.6. The third kappa shape index (κ3) is 4.66. The molecular formula is C21H21N3O2. The molecule has 0 atom stereocenters. The van der Waals surface area contributed by atoms with Crippen LogP contribution in [-0.4, -0.2) is 22.2 Å². The van der Waals surface area contributed by atoms with Crippen molar-refractivity contribution in [3.63, 3.8) is 0 Å². The molecular weight excluding hydrogens is 326 g/mol. The lowest BCUT2D eigenvalue weighted by molar-refractivity contribution is -0.120. The van der Waals surface area contributed by atoms with Crippen molar-refractivity contribution in [3.8, 4) is 11.3 Å². The van der Waals surface area contributed by atoms with Crippen molar-refractivity contribution >= 4 is 5.91 Å². The van der Waals surface area contributed by atoms with Gasteiger partial charge in [-0.15, -0.1) is 0 Å². The third-order valence-electron chi connectivity index (χ3n) is 4.03. The van der Waals surface area contributed by atoms with Gasteiger partial charge in [-0.1, -0.05) is 60.2 Å². The average molecular weight is 347 g/mol. The Morgan fingerprint density at radius 2 is 1.85 bits per heavy atom. The molecule has 1 amide bonds. The number of benzene rings is 2. The van der Waals surface area contributed by atoms with Crippen LogP contribution >= 0.6 is 0 Å². The Morgan fingerprint density at radius 3 is 2.62 bits per heavy atom. The van der Waals surface area contributed by atoms with E-state index in [4.69, 9.17) is 0 Å². The Balaban J connectivity index is 1.59. The lowest BCUT2D eigenvalue weighted by Crippen LogP contribution is -2.32. The fourth-order valence-electron chi connectivity index (χ4n) is 2.74. The van der Waals surface area contributed by atoms with E-state index in [-0.39, 0.29) is 11.5 Å². The molecule has 0 spiro atoms. The number of hydrogen-bond donors (Lipinski definition) is 1. The van der Waals surface area contributed by atoms with Crippen LogP contribution in [0.2, 0.25) is 0 Å². The fourth-order valence-corrected chi connectivity index (χ4v) is 2.74. The second-order valence-electron chi connectivity index (χ2n) is 6.16. The highest BCUT2D eigenvalue weighted by atomic mass is 16.1. The Kier molecular flexibility index (Phi) is 5.59. The predicted molar refractivity (Wildman–Crippen MR) is 102 cm³/mol. The predicted octanol–water partition coefficient (Wildman–Crippen LogP) is 2.58. The first-order chi connectivity index (χ1) is 12.6. The van der Waals surface area contributed by atoms with Crippen molar-refractivity contribution in [2.75, 3.05) is 6.54 Å². The van der Waals surface area contributed by atoms with E-state index in [9.17, 15) is 9.59 Å². The first-order valence-electron chi connectivity index (χ1n) is 8.58. The standard InChI is InChI=1S/C21H21N3O2/c1-16-6-5-7-17(14-16)15-20(25)22-12-13-24-21(26)11-10-19(23-24)18-8-3-2-4-9-18/h2-11,14H,12-13,15H2,1H3,(H,22,25). The molecule has 2 aromatic carbocycles. The molecule has 1 heterocycles. The number of carbonyl (C=O) groups is 1. The molecule has 0 saturated carbocycles. The van der Waals surface area contributed by atoms with Crippen LogP contribution in [0, 0.1) is 6.92 Å². The zero-order chi connectivity index (χ0) is 18.4. The number of rotatable bonds is 6. The zero-order valence-electron chi connectivity index (χ0n) is 14.7. The minimum atomic E-state index is -0.183. The van der Waals surface area contributed by atoms with Crippen molar-refractivity contribution < 1.29 is 4.79 Å². The van der Waals surface area contributed by atoms with Crippen LogP contribution in [0.1, 0.15) is 11.1 Å². The quantitative estimate of drug-likeness (QED) is 0.745. The summed E-state index contributed by atoms with van der Waals surface area (Å²) >= 11 is 0. The van der Waals surface area contributed by atoms with Gasteiger partial charge in [-0.3, -0.25) is 9.59 Å². The molecule has 5 nitrogen and oxygen atoms in total. The van der Waals surface area contributed by atoms with E-state index < -0.39 is 0 Å². The molecule has 0 radical (unpaired) electrons. The highest BCUT2D eigenvalue weighted by molar-refractivity contribution is 5.78. The van der Waals surface area contributed by atoms with Gasteiger partial charge in [-0.25, -0.2) is 4.68 Å². The summed E-state index contributed by atoms with van der Waals surface area (Å²) in [5, 5.41) is 7.23. The molecule has 0 aliphatic heterocycles. The summed E-state index contributed by atoms with van der Waals surface area (Å²) in [5.74, 6) is -0.0668. The van der Waals surface area contributed by atoms with Crippen molar-refractivity contribution in [1.82, 2.24) is 15.1 Å². The summed E-state index contributed by atoms with van der Waals surface area (Å²) < 4.78 is 1.38. The molecule has 5 heteroatoms. The van der Waals surface area contributed by atoms with Crippen LogP contribution in [0.25, 0.3) is 11.3 Å². The molecule has 0 aliphatic rings. The summed E-state index contributed by atoms with van der Waals surface area (Å²) in [6.45, 7) is 2.69. The van der Waals surface area contributed by atoms with E-state index in [1.54, 1.807) is 6.07 Å². The average Bonchev–Trinajstić information content (AvgIpc) is 2.64. The van der Waals surface area contributed by atoms with Gasteiger partial charge < -0.3 is 5.32 Å². The lowest BCUT2D eigenvalue weighted by Gasteiger charge is -2.09. The largest absolute Gasteiger partial charge is 0.354 e. The van der Waals surface area contributed by atoms with Gasteiger partial charge in [0.1, 0.15) is 0 Å². The van der Waals surface area contributed by atoms with E-state index in [2.05, 4.69) is 10.4 Å². The minimum absolute atomic E-state index is 0.0668. The number of amides is 1. The van der Waals surface area contributed by atoms with E-state index in [1.165, 1.54) is 10.7 Å². The SMILES string of the molecule is Cc1cccc(CC(=O)NCCn2nc(-c3ccccc3)ccc2=O)c1. The number of nitrogens with one attached hydrogen (secondary N) is 1. The van der Waals surface area contributed by atoms with Gasteiger partial charge in [0.15, 0.2) is 0 Å². The molecule has 3 aromatic rings. The lowest BCUT2D eigenvalue weighted by atomic mass is 10.1. The van der Waals surface area contributed by atoms with Gasteiger partial charge in [0.2, 0.25) is 5.91 Å². The molecule has 0 aliphatic carbocycles. The maximum atomic E-state index is 12.1. The van der Waals surface area contributed by atoms with Crippen LogP contribution < -0.4 is 10.9 Å². The van der Waals surface area contributed by atoms with Gasteiger partial charge in [-0.2, -0.15) is 5.10 Å². The Labute approximate surface area is 152 Å². The highest BCUT2D eigenvalue weighted by Crippen LogP contribution is 2.13. The first-order valence-corrected chi connectivity index (χ1v) is 8.58. The van der Waals surface area contributed by atoms with Gasteiger partial charge in [0, 0.05) is 18.2 Å². The topological polar surface area (TPSA) is 64.0 Å². The Hall–Kier alpha value is -3.21. The number of aromatic nitrogens is 2. The maximum Gasteiger partial charge on any atom is 0.266 e. The molecule has 3 rings (SSSR count). The molecule has 26 heavy (non-hydrogen) atoms. The fraction of sp³-hybridized carbons (Fsp3) is 0.190. The number of hydrogen-bond acceptors (Lipinski definition) is 3. The summed E-state index contributed by atoms with van der Waals surface area (Å²) in [4.78, 5) is 24.1. The van der Waals surface area contributed by atoms with E-state index in [1.807, 2.05) is 61.5 Å². The normalized spacial score (nSPS) is 10.5. The number of carbonyl (C=O) groups excluding carboxylic acids is 1. The van der Waals surface area contributed by atoms with E-state index in [0.717, 1.165) is 22.4 Å². The smallest absolute Gasteiger partial charge is 0.266 e.